The molecule has 2 aliphatic heterocycles. The summed E-state index contributed by atoms with van der Waals surface area (Å²) >= 11 is 6.10. The number of imide groups is 1. The van der Waals surface area contributed by atoms with E-state index in [0.717, 1.165) is 23.8 Å². The third kappa shape index (κ3) is 4.14. The number of halogens is 2. The van der Waals surface area contributed by atoms with Gasteiger partial charge in [-0.3, -0.25) is 4.79 Å². The summed E-state index contributed by atoms with van der Waals surface area (Å²) in [4.78, 5) is 27.8. The van der Waals surface area contributed by atoms with Crippen LogP contribution in [-0.4, -0.2) is 42.6 Å². The minimum Gasteiger partial charge on any atom is -0.490 e. The van der Waals surface area contributed by atoms with Crippen molar-refractivity contribution in [2.75, 3.05) is 24.7 Å². The molecule has 0 aromatic heterocycles. The maximum Gasteiger partial charge on any atom is 0.332 e. The first-order valence-electron chi connectivity index (χ1n) is 9.89. The molecule has 9 heteroatoms. The summed E-state index contributed by atoms with van der Waals surface area (Å²) in [6.07, 6.45) is 2.25. The molecule has 0 N–H and O–H groups in total. The molecule has 31 heavy (non-hydrogen) atoms. The number of hydrogen-bond acceptors (Lipinski definition) is 5. The van der Waals surface area contributed by atoms with Gasteiger partial charge in [0.1, 0.15) is 36.6 Å². The van der Waals surface area contributed by atoms with Crippen molar-refractivity contribution in [2.24, 2.45) is 0 Å². The second kappa shape index (κ2) is 8.82. The van der Waals surface area contributed by atoms with Gasteiger partial charge in [-0.15, -0.1) is 0 Å². The molecule has 2 heterocycles. The summed E-state index contributed by atoms with van der Waals surface area (Å²) in [6.45, 7) is 0.755. The Balaban J connectivity index is 1.44. The average Bonchev–Trinajstić information content (AvgIpc) is 3.03. The molecule has 2 aromatic carbocycles. The number of benzene rings is 2. The summed E-state index contributed by atoms with van der Waals surface area (Å²) in [6, 6.07) is 9.87. The van der Waals surface area contributed by atoms with Gasteiger partial charge in [0.25, 0.3) is 5.91 Å². The van der Waals surface area contributed by atoms with Gasteiger partial charge in [0.15, 0.2) is 0 Å². The smallest absolute Gasteiger partial charge is 0.332 e. The van der Waals surface area contributed by atoms with Gasteiger partial charge in [-0.1, -0.05) is 11.6 Å². The minimum atomic E-state index is -0.771. The van der Waals surface area contributed by atoms with Crippen LogP contribution in [0.3, 0.4) is 0 Å². The molecule has 160 valence electrons. The Morgan fingerprint density at radius 1 is 1.13 bits per heavy atom. The van der Waals surface area contributed by atoms with Crippen molar-refractivity contribution in [3.8, 4) is 17.6 Å². The number of nitrogens with zero attached hydrogens (tertiary/aromatic N) is 3. The largest absolute Gasteiger partial charge is 0.490 e. The first kappa shape index (κ1) is 20.9. The van der Waals surface area contributed by atoms with E-state index in [4.69, 9.17) is 26.3 Å². The first-order chi connectivity index (χ1) is 15.0. The van der Waals surface area contributed by atoms with Crippen molar-refractivity contribution >= 4 is 29.2 Å². The molecule has 0 radical (unpaired) electrons. The molecule has 1 unspecified atom stereocenters. The fraction of sp³-hybridized carbons (Fsp3) is 0.318. The number of carbonyl (C=O) groups is 2. The number of anilines is 1. The van der Waals surface area contributed by atoms with Crippen LogP contribution < -0.4 is 14.4 Å². The van der Waals surface area contributed by atoms with Crippen LogP contribution in [0.5, 0.6) is 11.5 Å². The quantitative estimate of drug-likeness (QED) is 0.495. The maximum atomic E-state index is 14.6. The van der Waals surface area contributed by atoms with Crippen molar-refractivity contribution in [1.82, 2.24) is 4.90 Å². The molecule has 0 aliphatic carbocycles. The lowest BCUT2D eigenvalue weighted by atomic mass is 10.0. The second-order valence-electron chi connectivity index (χ2n) is 7.23. The molecule has 2 aliphatic rings. The molecule has 2 aromatic rings. The molecule has 0 spiro atoms. The highest BCUT2D eigenvalue weighted by Gasteiger charge is 2.47. The molecule has 0 saturated carbocycles. The molecule has 4 rings (SSSR count). The number of fused-ring (bicyclic) bond motifs is 1. The van der Waals surface area contributed by atoms with Gasteiger partial charge in [-0.05, 0) is 49.6 Å². The Hall–Kier alpha value is -3.31. The van der Waals surface area contributed by atoms with Crippen molar-refractivity contribution in [2.45, 2.75) is 25.3 Å². The standard InChI is InChI=1S/C22H19ClFN3O4/c23-16-11-17(24)19(27-21(28)18-3-1-2-8-26(18)22(27)29)12-20(16)31-10-9-30-15-6-4-14(13-25)5-7-15/h4-7,11-12,18H,1-3,8-10H2. The van der Waals surface area contributed by atoms with E-state index in [1.165, 1.54) is 11.0 Å². The predicted octanol–water partition coefficient (Wildman–Crippen LogP) is 4.13. The van der Waals surface area contributed by atoms with Crippen LogP contribution in [0.2, 0.25) is 5.02 Å². The van der Waals surface area contributed by atoms with Crippen LogP contribution in [0, 0.1) is 17.1 Å². The Morgan fingerprint density at radius 2 is 1.87 bits per heavy atom. The SMILES string of the molecule is N#Cc1ccc(OCCOc2cc(N3C(=O)C4CCCCN4C3=O)c(F)cc2Cl)cc1. The van der Waals surface area contributed by atoms with E-state index in [0.29, 0.717) is 24.3 Å². The van der Waals surface area contributed by atoms with Gasteiger partial charge in [-0.2, -0.15) is 5.26 Å². The number of amides is 3. The lowest BCUT2D eigenvalue weighted by Gasteiger charge is -2.26. The zero-order valence-corrected chi connectivity index (χ0v) is 17.3. The Bertz CT molecular complexity index is 1030. The van der Waals surface area contributed by atoms with E-state index in [2.05, 4.69) is 0 Å². The maximum absolute atomic E-state index is 14.6. The van der Waals surface area contributed by atoms with Crippen molar-refractivity contribution < 1.29 is 23.5 Å². The Labute approximate surface area is 183 Å². The van der Waals surface area contributed by atoms with Crippen molar-refractivity contribution in [3.63, 3.8) is 0 Å². The van der Waals surface area contributed by atoms with E-state index in [1.54, 1.807) is 24.3 Å². The van der Waals surface area contributed by atoms with E-state index in [9.17, 15) is 14.0 Å². The second-order valence-corrected chi connectivity index (χ2v) is 7.64. The Kier molecular flexibility index (Phi) is 5.96. The fourth-order valence-corrected chi connectivity index (χ4v) is 3.95. The van der Waals surface area contributed by atoms with Crippen molar-refractivity contribution in [3.05, 3.63) is 52.8 Å². The van der Waals surface area contributed by atoms with Gasteiger partial charge in [-0.25, -0.2) is 14.1 Å². The molecular weight excluding hydrogens is 425 g/mol. The van der Waals surface area contributed by atoms with E-state index >= 15 is 0 Å². The molecule has 0 bridgehead atoms. The molecule has 1 atom stereocenters. The number of hydrogen-bond donors (Lipinski definition) is 0. The lowest BCUT2D eigenvalue weighted by molar-refractivity contribution is -0.120. The van der Waals surface area contributed by atoms with Gasteiger partial charge >= 0.3 is 6.03 Å². The molecule has 3 amide bonds. The van der Waals surface area contributed by atoms with Gasteiger partial charge in [0.2, 0.25) is 0 Å². The first-order valence-corrected chi connectivity index (χ1v) is 10.3. The number of carbonyl (C=O) groups excluding carboxylic acids is 2. The fourth-order valence-electron chi connectivity index (χ4n) is 3.75. The average molecular weight is 444 g/mol. The molecule has 7 nitrogen and oxygen atoms in total. The third-order valence-electron chi connectivity index (χ3n) is 5.28. The normalized spacial score (nSPS) is 18.0. The molecular formula is C22H19ClFN3O4. The summed E-state index contributed by atoms with van der Waals surface area (Å²) in [5.74, 6) is -0.487. The van der Waals surface area contributed by atoms with Crippen LogP contribution in [0.25, 0.3) is 0 Å². The van der Waals surface area contributed by atoms with Crippen LogP contribution in [-0.2, 0) is 4.79 Å². The predicted molar refractivity (Wildman–Crippen MR) is 111 cm³/mol. The zero-order valence-electron chi connectivity index (χ0n) is 16.5. The highest BCUT2D eigenvalue weighted by Crippen LogP contribution is 2.37. The number of nitriles is 1. The van der Waals surface area contributed by atoms with Gasteiger partial charge < -0.3 is 14.4 Å². The number of ether oxygens (including phenoxy) is 2. The van der Waals surface area contributed by atoms with Crippen LogP contribution in [0.1, 0.15) is 24.8 Å². The summed E-state index contributed by atoms with van der Waals surface area (Å²) in [5.41, 5.74) is 0.355. The highest BCUT2D eigenvalue weighted by atomic mass is 35.5. The summed E-state index contributed by atoms with van der Waals surface area (Å²) < 4.78 is 25.8. The van der Waals surface area contributed by atoms with E-state index in [-0.39, 0.29) is 29.7 Å². The lowest BCUT2D eigenvalue weighted by Crippen LogP contribution is -2.39. The van der Waals surface area contributed by atoms with Crippen LogP contribution in [0.15, 0.2) is 36.4 Å². The van der Waals surface area contributed by atoms with Crippen LogP contribution >= 0.6 is 11.6 Å². The summed E-state index contributed by atoms with van der Waals surface area (Å²) in [7, 11) is 0. The van der Waals surface area contributed by atoms with Crippen LogP contribution in [0.4, 0.5) is 14.9 Å². The van der Waals surface area contributed by atoms with Gasteiger partial charge in [0.05, 0.1) is 22.3 Å². The van der Waals surface area contributed by atoms with Crippen molar-refractivity contribution in [1.29, 1.82) is 5.26 Å². The van der Waals surface area contributed by atoms with E-state index in [1.807, 2.05) is 6.07 Å². The highest BCUT2D eigenvalue weighted by molar-refractivity contribution is 6.32. The number of urea groups is 1. The van der Waals surface area contributed by atoms with E-state index < -0.39 is 23.8 Å². The Morgan fingerprint density at radius 3 is 2.58 bits per heavy atom. The molecule has 2 saturated heterocycles. The monoisotopic (exact) mass is 443 g/mol. The summed E-state index contributed by atoms with van der Waals surface area (Å²) in [5, 5.41) is 8.83. The van der Waals surface area contributed by atoms with Gasteiger partial charge in [0, 0.05) is 12.6 Å². The minimum absolute atomic E-state index is 0.0245. The zero-order chi connectivity index (χ0) is 22.0. The number of piperidine rings is 1. The topological polar surface area (TPSA) is 82.9 Å². The third-order valence-corrected chi connectivity index (χ3v) is 5.58. The molecule has 2 fully saturated rings. The number of rotatable bonds is 6.